The molecule has 0 unspecified atom stereocenters. The molecule has 3 heterocycles. The largest absolute Gasteiger partial charge is 0.495 e. The molecule has 170 valence electrons. The van der Waals surface area contributed by atoms with Gasteiger partial charge in [0.25, 0.3) is 15.6 Å². The number of ether oxygens (including phenoxy) is 1. The molecule has 0 aliphatic carbocycles. The molecule has 4 aromatic rings. The Balaban J connectivity index is 1.75. The minimum atomic E-state index is -3.99. The summed E-state index contributed by atoms with van der Waals surface area (Å²) >= 11 is 0. The zero-order valence-electron chi connectivity index (χ0n) is 18.2. The fourth-order valence-electron chi connectivity index (χ4n) is 3.54. The molecule has 4 rings (SSSR count). The number of pyridine rings is 2. The van der Waals surface area contributed by atoms with Gasteiger partial charge in [-0.2, -0.15) is 0 Å². The number of methoxy groups -OCH3 is 1. The number of hydrogen-bond acceptors (Lipinski definition) is 6. The fourth-order valence-corrected chi connectivity index (χ4v) is 5.14. The van der Waals surface area contributed by atoms with Crippen LogP contribution in [0.25, 0.3) is 5.82 Å². The van der Waals surface area contributed by atoms with E-state index < -0.39 is 15.6 Å². The zero-order chi connectivity index (χ0) is 23.4. The predicted octanol–water partition coefficient (Wildman–Crippen LogP) is 2.77. The van der Waals surface area contributed by atoms with Gasteiger partial charge in [0, 0.05) is 37.1 Å². The highest BCUT2D eigenvalue weighted by molar-refractivity contribution is 7.93. The average molecular weight is 466 g/mol. The summed E-state index contributed by atoms with van der Waals surface area (Å²) in [6, 6.07) is 13.6. The molecule has 0 aliphatic rings. The van der Waals surface area contributed by atoms with Crippen LogP contribution in [-0.4, -0.2) is 41.8 Å². The first-order valence-corrected chi connectivity index (χ1v) is 11.7. The summed E-state index contributed by atoms with van der Waals surface area (Å²) in [5, 5.41) is 2.86. The van der Waals surface area contributed by atoms with Crippen molar-refractivity contribution in [3.63, 3.8) is 0 Å². The molecule has 33 heavy (non-hydrogen) atoms. The molecular weight excluding hydrogens is 442 g/mol. The molecular formula is C23H23N5O4S. The standard InChI is InChI=1S/C23H23N5O4S/c1-3-27(19-8-5-4-6-9-19)33(30,31)21-10-7-11-25-22(21)28-23(29)18(15-26-28)12-17-13-20(32-2)16-24-14-17/h4-11,13-16,26H,3,12H2,1-2H3. The lowest BCUT2D eigenvalue weighted by atomic mass is 10.1. The van der Waals surface area contributed by atoms with Crippen molar-refractivity contribution in [3.8, 4) is 11.6 Å². The number of nitrogens with zero attached hydrogens (tertiary/aromatic N) is 4. The van der Waals surface area contributed by atoms with E-state index in [2.05, 4.69) is 15.1 Å². The van der Waals surface area contributed by atoms with Gasteiger partial charge >= 0.3 is 0 Å². The Kier molecular flexibility index (Phi) is 6.27. The third-order valence-electron chi connectivity index (χ3n) is 5.11. The van der Waals surface area contributed by atoms with Crippen LogP contribution in [0.2, 0.25) is 0 Å². The van der Waals surface area contributed by atoms with Crippen molar-refractivity contribution in [1.29, 1.82) is 0 Å². The van der Waals surface area contributed by atoms with Crippen molar-refractivity contribution in [2.45, 2.75) is 18.2 Å². The van der Waals surface area contributed by atoms with Crippen LogP contribution < -0.4 is 14.6 Å². The maximum absolute atomic E-state index is 13.6. The molecule has 0 amide bonds. The van der Waals surface area contributed by atoms with Crippen molar-refractivity contribution in [2.75, 3.05) is 18.0 Å². The topological polar surface area (TPSA) is 110 Å². The van der Waals surface area contributed by atoms with Gasteiger partial charge in [0.15, 0.2) is 5.82 Å². The van der Waals surface area contributed by atoms with Crippen LogP contribution in [0, 0.1) is 0 Å². The minimum absolute atomic E-state index is 0.00639. The smallest absolute Gasteiger partial charge is 0.276 e. The minimum Gasteiger partial charge on any atom is -0.495 e. The lowest BCUT2D eigenvalue weighted by Crippen LogP contribution is -2.32. The van der Waals surface area contributed by atoms with Gasteiger partial charge in [-0.05, 0) is 42.8 Å². The number of nitrogens with one attached hydrogen (secondary N) is 1. The summed E-state index contributed by atoms with van der Waals surface area (Å²) in [6.45, 7) is 1.97. The lowest BCUT2D eigenvalue weighted by Gasteiger charge is -2.23. The summed E-state index contributed by atoms with van der Waals surface area (Å²) in [5.74, 6) is 0.592. The van der Waals surface area contributed by atoms with Crippen LogP contribution in [0.1, 0.15) is 18.1 Å². The highest BCUT2D eigenvalue weighted by Gasteiger charge is 2.28. The number of para-hydroxylation sites is 1. The number of anilines is 1. The molecule has 0 spiro atoms. The zero-order valence-corrected chi connectivity index (χ0v) is 19.0. The van der Waals surface area contributed by atoms with Gasteiger partial charge in [0.2, 0.25) is 0 Å². The number of sulfonamides is 1. The maximum atomic E-state index is 13.6. The van der Waals surface area contributed by atoms with Crippen molar-refractivity contribution in [3.05, 3.63) is 94.8 Å². The second-order valence-corrected chi connectivity index (χ2v) is 9.01. The van der Waals surface area contributed by atoms with E-state index >= 15 is 0 Å². The summed E-state index contributed by atoms with van der Waals surface area (Å²) < 4.78 is 34.8. The van der Waals surface area contributed by atoms with Gasteiger partial charge in [-0.3, -0.25) is 19.2 Å². The van der Waals surface area contributed by atoms with E-state index in [4.69, 9.17) is 4.74 Å². The predicted molar refractivity (Wildman–Crippen MR) is 124 cm³/mol. The van der Waals surface area contributed by atoms with E-state index in [9.17, 15) is 13.2 Å². The van der Waals surface area contributed by atoms with Crippen LogP contribution >= 0.6 is 0 Å². The van der Waals surface area contributed by atoms with Crippen LogP contribution in [-0.2, 0) is 16.4 Å². The Labute approximate surface area is 191 Å². The van der Waals surface area contributed by atoms with E-state index in [-0.39, 0.29) is 17.3 Å². The van der Waals surface area contributed by atoms with Gasteiger partial charge in [-0.15, -0.1) is 0 Å². The Bertz CT molecular complexity index is 1410. The summed E-state index contributed by atoms with van der Waals surface area (Å²) in [7, 11) is -2.45. The molecule has 0 fully saturated rings. The van der Waals surface area contributed by atoms with Crippen LogP contribution in [0.3, 0.4) is 0 Å². The number of aromatic nitrogens is 4. The van der Waals surface area contributed by atoms with E-state index in [0.717, 1.165) is 10.2 Å². The molecule has 1 N–H and O–H groups in total. The van der Waals surface area contributed by atoms with Crippen molar-refractivity contribution in [2.24, 2.45) is 0 Å². The maximum Gasteiger partial charge on any atom is 0.276 e. The van der Waals surface area contributed by atoms with E-state index in [1.807, 2.05) is 6.07 Å². The van der Waals surface area contributed by atoms with Crippen molar-refractivity contribution in [1.82, 2.24) is 19.7 Å². The normalized spacial score (nSPS) is 11.3. The highest BCUT2D eigenvalue weighted by atomic mass is 32.2. The van der Waals surface area contributed by atoms with Gasteiger partial charge in [0.05, 0.1) is 19.0 Å². The summed E-state index contributed by atoms with van der Waals surface area (Å²) in [5.41, 5.74) is 1.36. The summed E-state index contributed by atoms with van der Waals surface area (Å²) in [4.78, 5) is 21.4. The number of H-pyrrole nitrogens is 1. The Hall–Kier alpha value is -3.92. The number of hydrogen-bond donors (Lipinski definition) is 1. The van der Waals surface area contributed by atoms with Crippen LogP contribution in [0.4, 0.5) is 5.69 Å². The van der Waals surface area contributed by atoms with Crippen LogP contribution in [0.15, 0.2) is 83.0 Å². The van der Waals surface area contributed by atoms with Crippen molar-refractivity contribution >= 4 is 15.7 Å². The molecule has 0 saturated heterocycles. The molecule has 9 nitrogen and oxygen atoms in total. The highest BCUT2D eigenvalue weighted by Crippen LogP contribution is 2.26. The number of aromatic amines is 1. The van der Waals surface area contributed by atoms with Gasteiger partial charge in [0.1, 0.15) is 10.6 Å². The third-order valence-corrected chi connectivity index (χ3v) is 7.03. The first-order valence-electron chi connectivity index (χ1n) is 10.3. The molecule has 0 atom stereocenters. The second kappa shape index (κ2) is 9.29. The molecule has 3 aromatic heterocycles. The number of benzene rings is 1. The monoisotopic (exact) mass is 465 g/mol. The molecule has 0 bridgehead atoms. The van der Waals surface area contributed by atoms with E-state index in [1.165, 1.54) is 22.6 Å². The molecule has 0 radical (unpaired) electrons. The molecule has 0 saturated carbocycles. The second-order valence-electron chi connectivity index (χ2n) is 7.18. The van der Waals surface area contributed by atoms with Crippen LogP contribution in [0.5, 0.6) is 5.75 Å². The van der Waals surface area contributed by atoms with E-state index in [1.54, 1.807) is 63.0 Å². The SMILES string of the molecule is CCN(c1ccccc1)S(=O)(=O)c1cccnc1-n1[nH]cc(Cc2cncc(OC)c2)c1=O. The van der Waals surface area contributed by atoms with Gasteiger partial charge in [-0.1, -0.05) is 18.2 Å². The van der Waals surface area contributed by atoms with Crippen molar-refractivity contribution < 1.29 is 13.2 Å². The van der Waals surface area contributed by atoms with Gasteiger partial charge < -0.3 is 4.74 Å². The average Bonchev–Trinajstić information content (AvgIpc) is 3.20. The first-order chi connectivity index (χ1) is 16.0. The lowest BCUT2D eigenvalue weighted by molar-refractivity contribution is 0.412. The fraction of sp³-hybridized carbons (Fsp3) is 0.174. The third kappa shape index (κ3) is 4.37. The Morgan fingerprint density at radius 3 is 2.64 bits per heavy atom. The molecule has 10 heteroatoms. The quantitative estimate of drug-likeness (QED) is 0.428. The van der Waals surface area contributed by atoms with Gasteiger partial charge in [-0.25, -0.2) is 18.1 Å². The summed E-state index contributed by atoms with van der Waals surface area (Å²) in [6.07, 6.45) is 6.52. The molecule has 0 aliphatic heterocycles. The Morgan fingerprint density at radius 1 is 1.12 bits per heavy atom. The molecule has 1 aromatic carbocycles. The van der Waals surface area contributed by atoms with E-state index in [0.29, 0.717) is 23.4 Å². The first kappa shape index (κ1) is 22.3. The Morgan fingerprint density at radius 2 is 1.91 bits per heavy atom. The number of rotatable bonds is 8.